The van der Waals surface area contributed by atoms with E-state index in [0.717, 1.165) is 11.1 Å². The Morgan fingerprint density at radius 1 is 1.41 bits per heavy atom. The molecule has 0 radical (unpaired) electrons. The summed E-state index contributed by atoms with van der Waals surface area (Å²) in [5.74, 6) is 0.0115. The fourth-order valence-corrected chi connectivity index (χ4v) is 1.38. The largest absolute Gasteiger partial charge is 0.338 e. The average molecular weight is 231 g/mol. The lowest BCUT2D eigenvalue weighted by molar-refractivity contribution is -0.117. The fraction of sp³-hybridized carbons (Fsp3) is 0.167. The molecule has 2 rings (SSSR count). The van der Waals surface area contributed by atoms with Gasteiger partial charge in [0.25, 0.3) is 0 Å². The summed E-state index contributed by atoms with van der Waals surface area (Å²) < 4.78 is 5.00. The normalized spacial score (nSPS) is 12.1. The average Bonchev–Trinajstić information content (AvgIpc) is 2.78. The van der Waals surface area contributed by atoms with E-state index in [9.17, 15) is 4.79 Å². The van der Waals surface area contributed by atoms with E-state index in [4.69, 9.17) is 10.3 Å². The lowest BCUT2D eigenvalue weighted by Crippen LogP contribution is -2.32. The summed E-state index contributed by atoms with van der Waals surface area (Å²) in [4.78, 5) is 11.5. The molecule has 0 aliphatic heterocycles. The third-order valence-electron chi connectivity index (χ3n) is 2.31. The molecule has 1 amide bonds. The van der Waals surface area contributed by atoms with Crippen LogP contribution in [0.1, 0.15) is 6.92 Å². The van der Waals surface area contributed by atoms with Gasteiger partial charge in [0, 0.05) is 0 Å². The number of hydrogen-bond donors (Lipinski definition) is 2. The summed E-state index contributed by atoms with van der Waals surface area (Å²) in [6.45, 7) is 1.61. The van der Waals surface area contributed by atoms with Crippen molar-refractivity contribution >= 4 is 11.8 Å². The first kappa shape index (κ1) is 11.3. The minimum absolute atomic E-state index is 0.307. The van der Waals surface area contributed by atoms with E-state index in [0.29, 0.717) is 5.88 Å². The van der Waals surface area contributed by atoms with Gasteiger partial charge in [-0.25, -0.2) is 0 Å². The van der Waals surface area contributed by atoms with Crippen LogP contribution in [0.15, 0.2) is 41.1 Å². The van der Waals surface area contributed by atoms with Crippen molar-refractivity contribution in [1.82, 2.24) is 5.16 Å². The van der Waals surface area contributed by atoms with Gasteiger partial charge in [0.15, 0.2) is 0 Å². The summed E-state index contributed by atoms with van der Waals surface area (Å²) >= 11 is 0. The molecule has 88 valence electrons. The molecular weight excluding hydrogens is 218 g/mol. The van der Waals surface area contributed by atoms with Gasteiger partial charge in [0.05, 0.1) is 17.8 Å². The first-order valence-electron chi connectivity index (χ1n) is 5.25. The summed E-state index contributed by atoms with van der Waals surface area (Å²) in [6.07, 6.45) is 1.56. The number of nitrogens with one attached hydrogen (secondary N) is 1. The second kappa shape index (κ2) is 4.80. The number of nitrogens with two attached hydrogens (primary N) is 1. The van der Waals surface area contributed by atoms with Crippen LogP contribution in [0.4, 0.5) is 5.88 Å². The Morgan fingerprint density at radius 2 is 2.12 bits per heavy atom. The van der Waals surface area contributed by atoms with E-state index in [2.05, 4.69) is 10.5 Å². The molecule has 0 spiro atoms. The molecule has 0 aliphatic carbocycles. The molecule has 1 heterocycles. The standard InChI is InChI=1S/C12H13N3O2/c1-8(13)11(16)15-12-10(7-14-17-12)9-5-3-2-4-6-9/h2-8H,13H2,1H3,(H,15,16)/t8-/m1/s1. The van der Waals surface area contributed by atoms with Gasteiger partial charge in [-0.15, -0.1) is 0 Å². The van der Waals surface area contributed by atoms with Gasteiger partial charge >= 0.3 is 0 Å². The molecule has 0 aliphatic rings. The van der Waals surface area contributed by atoms with Crippen LogP contribution < -0.4 is 11.1 Å². The number of carbonyl (C=O) groups excluding carboxylic acids is 1. The quantitative estimate of drug-likeness (QED) is 0.841. The summed E-state index contributed by atoms with van der Waals surface area (Å²) in [5, 5.41) is 6.28. The van der Waals surface area contributed by atoms with Gasteiger partial charge in [-0.05, 0) is 12.5 Å². The fourth-order valence-electron chi connectivity index (χ4n) is 1.38. The topological polar surface area (TPSA) is 81.2 Å². The van der Waals surface area contributed by atoms with Crippen molar-refractivity contribution in [2.75, 3.05) is 5.32 Å². The number of hydrogen-bond acceptors (Lipinski definition) is 4. The SMILES string of the molecule is C[C@@H](N)C(=O)Nc1oncc1-c1ccccc1. The Morgan fingerprint density at radius 3 is 2.76 bits per heavy atom. The van der Waals surface area contributed by atoms with E-state index in [1.54, 1.807) is 13.1 Å². The number of carbonyl (C=O) groups is 1. The highest BCUT2D eigenvalue weighted by molar-refractivity contribution is 5.96. The first-order chi connectivity index (χ1) is 8.18. The third-order valence-corrected chi connectivity index (χ3v) is 2.31. The van der Waals surface area contributed by atoms with Gasteiger partial charge in [-0.2, -0.15) is 0 Å². The van der Waals surface area contributed by atoms with Crippen LogP contribution in [0.2, 0.25) is 0 Å². The minimum Gasteiger partial charge on any atom is -0.338 e. The maximum absolute atomic E-state index is 11.5. The second-order valence-electron chi connectivity index (χ2n) is 3.71. The van der Waals surface area contributed by atoms with Crippen LogP contribution in [-0.2, 0) is 4.79 Å². The molecule has 0 unspecified atom stereocenters. The van der Waals surface area contributed by atoms with E-state index < -0.39 is 6.04 Å². The molecule has 5 nitrogen and oxygen atoms in total. The lowest BCUT2D eigenvalue weighted by atomic mass is 10.1. The van der Waals surface area contributed by atoms with Gasteiger partial charge in [-0.3, -0.25) is 10.1 Å². The molecule has 0 saturated carbocycles. The Hall–Kier alpha value is -2.14. The van der Waals surface area contributed by atoms with E-state index in [-0.39, 0.29) is 5.91 Å². The van der Waals surface area contributed by atoms with Crippen LogP contribution in [0.25, 0.3) is 11.1 Å². The molecule has 0 bridgehead atoms. The maximum atomic E-state index is 11.5. The zero-order chi connectivity index (χ0) is 12.3. The molecule has 1 atom stereocenters. The van der Waals surface area contributed by atoms with Gasteiger partial charge in [0.1, 0.15) is 0 Å². The van der Waals surface area contributed by atoms with Crippen molar-refractivity contribution in [2.24, 2.45) is 5.73 Å². The van der Waals surface area contributed by atoms with Crippen LogP contribution in [0, 0.1) is 0 Å². The molecule has 1 aromatic carbocycles. The molecule has 17 heavy (non-hydrogen) atoms. The smallest absolute Gasteiger partial charge is 0.243 e. The maximum Gasteiger partial charge on any atom is 0.243 e. The predicted molar refractivity (Wildman–Crippen MR) is 64.2 cm³/mol. The highest BCUT2D eigenvalue weighted by Gasteiger charge is 2.15. The predicted octanol–water partition coefficient (Wildman–Crippen LogP) is 1.63. The Kier molecular flexibility index (Phi) is 3.20. The van der Waals surface area contributed by atoms with Crippen molar-refractivity contribution in [3.63, 3.8) is 0 Å². The number of nitrogens with zero attached hydrogens (tertiary/aromatic N) is 1. The minimum atomic E-state index is -0.594. The third kappa shape index (κ3) is 2.51. The number of rotatable bonds is 3. The van der Waals surface area contributed by atoms with Crippen LogP contribution in [-0.4, -0.2) is 17.1 Å². The first-order valence-corrected chi connectivity index (χ1v) is 5.25. The lowest BCUT2D eigenvalue weighted by Gasteiger charge is -2.06. The van der Waals surface area contributed by atoms with E-state index >= 15 is 0 Å². The number of anilines is 1. The zero-order valence-corrected chi connectivity index (χ0v) is 9.38. The van der Waals surface area contributed by atoms with Crippen molar-refractivity contribution in [3.05, 3.63) is 36.5 Å². The summed E-state index contributed by atoms with van der Waals surface area (Å²) in [7, 11) is 0. The van der Waals surface area contributed by atoms with Crippen molar-refractivity contribution in [3.8, 4) is 11.1 Å². The van der Waals surface area contributed by atoms with E-state index in [1.807, 2.05) is 30.3 Å². The molecule has 0 saturated heterocycles. The van der Waals surface area contributed by atoms with Crippen molar-refractivity contribution in [2.45, 2.75) is 13.0 Å². The molecule has 3 N–H and O–H groups in total. The monoisotopic (exact) mass is 231 g/mol. The van der Waals surface area contributed by atoms with Gasteiger partial charge in [-0.1, -0.05) is 35.5 Å². The molecule has 1 aromatic heterocycles. The van der Waals surface area contributed by atoms with Crippen LogP contribution in [0.3, 0.4) is 0 Å². The highest BCUT2D eigenvalue weighted by atomic mass is 16.5. The number of aromatic nitrogens is 1. The van der Waals surface area contributed by atoms with Gasteiger partial charge < -0.3 is 10.3 Å². The number of benzene rings is 1. The number of amides is 1. The van der Waals surface area contributed by atoms with Crippen molar-refractivity contribution < 1.29 is 9.32 Å². The van der Waals surface area contributed by atoms with Crippen molar-refractivity contribution in [1.29, 1.82) is 0 Å². The molecule has 5 heteroatoms. The zero-order valence-electron chi connectivity index (χ0n) is 9.38. The second-order valence-corrected chi connectivity index (χ2v) is 3.71. The summed E-state index contributed by atoms with van der Waals surface area (Å²) in [6, 6.07) is 8.95. The molecule has 0 fully saturated rings. The Balaban J connectivity index is 2.27. The molecule has 2 aromatic rings. The van der Waals surface area contributed by atoms with E-state index in [1.165, 1.54) is 0 Å². The Bertz CT molecular complexity index is 505. The Labute approximate surface area is 98.6 Å². The van der Waals surface area contributed by atoms with Crippen LogP contribution in [0.5, 0.6) is 0 Å². The van der Waals surface area contributed by atoms with Crippen LogP contribution >= 0.6 is 0 Å². The van der Waals surface area contributed by atoms with Gasteiger partial charge in [0.2, 0.25) is 11.8 Å². The highest BCUT2D eigenvalue weighted by Crippen LogP contribution is 2.27. The summed E-state index contributed by atoms with van der Waals surface area (Å²) in [5.41, 5.74) is 7.13. The molecular formula is C12H13N3O2.